The van der Waals surface area contributed by atoms with Crippen molar-refractivity contribution in [1.82, 2.24) is 4.90 Å². The molecule has 2 amide bonds. The van der Waals surface area contributed by atoms with Gasteiger partial charge in [0.15, 0.2) is 0 Å². The summed E-state index contributed by atoms with van der Waals surface area (Å²) in [6.45, 7) is 7.01. The van der Waals surface area contributed by atoms with Crippen LogP contribution < -0.4 is 15.8 Å². The van der Waals surface area contributed by atoms with Crippen LogP contribution in [0.2, 0.25) is 0 Å². The predicted octanol–water partition coefficient (Wildman–Crippen LogP) is 2.74. The van der Waals surface area contributed by atoms with Crippen molar-refractivity contribution in [3.63, 3.8) is 0 Å². The van der Waals surface area contributed by atoms with Crippen LogP contribution in [0, 0.1) is 13.8 Å². The van der Waals surface area contributed by atoms with Gasteiger partial charge in [-0.3, -0.25) is 14.5 Å². The van der Waals surface area contributed by atoms with Crippen molar-refractivity contribution >= 4 is 17.5 Å². The van der Waals surface area contributed by atoms with Gasteiger partial charge >= 0.3 is 0 Å². The number of ether oxygens (including phenoxy) is 1. The summed E-state index contributed by atoms with van der Waals surface area (Å²) in [4.78, 5) is 25.4. The minimum absolute atomic E-state index is 0.129. The molecular formula is C21H27N3O3. The molecule has 1 unspecified atom stereocenters. The molecule has 2 aromatic carbocycles. The number of likely N-dealkylation sites (N-methyl/N-ethyl adjacent to an activating group) is 1. The first-order chi connectivity index (χ1) is 12.8. The molecule has 27 heavy (non-hydrogen) atoms. The van der Waals surface area contributed by atoms with E-state index in [4.69, 9.17) is 10.5 Å². The van der Waals surface area contributed by atoms with Gasteiger partial charge in [0.25, 0.3) is 0 Å². The molecule has 0 aromatic heterocycles. The number of amides is 2. The Morgan fingerprint density at radius 1 is 1.11 bits per heavy atom. The van der Waals surface area contributed by atoms with Crippen molar-refractivity contribution in [3.8, 4) is 5.75 Å². The number of nitrogens with zero attached hydrogens (tertiary/aromatic N) is 1. The molecule has 0 saturated heterocycles. The number of nitrogens with two attached hydrogens (primary N) is 1. The zero-order valence-corrected chi connectivity index (χ0v) is 16.3. The van der Waals surface area contributed by atoms with E-state index in [0.717, 1.165) is 16.9 Å². The van der Waals surface area contributed by atoms with Crippen molar-refractivity contribution in [3.05, 3.63) is 59.2 Å². The van der Waals surface area contributed by atoms with E-state index < -0.39 is 5.91 Å². The van der Waals surface area contributed by atoms with E-state index in [0.29, 0.717) is 24.4 Å². The molecular weight excluding hydrogens is 342 g/mol. The Labute approximate surface area is 160 Å². The molecule has 0 aliphatic heterocycles. The lowest BCUT2D eigenvalue weighted by Crippen LogP contribution is -2.41. The number of carbonyl (C=O) groups is 2. The second-order valence-electron chi connectivity index (χ2n) is 6.76. The lowest BCUT2D eigenvalue weighted by Gasteiger charge is -2.24. The summed E-state index contributed by atoms with van der Waals surface area (Å²) < 4.78 is 5.80. The predicted molar refractivity (Wildman–Crippen MR) is 107 cm³/mol. The average Bonchev–Trinajstić information content (AvgIpc) is 2.60. The summed E-state index contributed by atoms with van der Waals surface area (Å²) in [7, 11) is 1.88. The van der Waals surface area contributed by atoms with Crippen LogP contribution in [0.1, 0.15) is 28.4 Å². The number of aryl methyl sites for hydroxylation is 2. The molecule has 0 aliphatic carbocycles. The van der Waals surface area contributed by atoms with Crippen LogP contribution in [-0.2, 0) is 4.79 Å². The zero-order valence-electron chi connectivity index (χ0n) is 16.3. The van der Waals surface area contributed by atoms with Gasteiger partial charge in [-0.25, -0.2) is 0 Å². The number of hydrogen-bond donors (Lipinski definition) is 2. The topological polar surface area (TPSA) is 84.7 Å². The molecule has 0 aliphatic rings. The number of rotatable bonds is 8. The van der Waals surface area contributed by atoms with E-state index in [2.05, 4.69) is 11.4 Å². The van der Waals surface area contributed by atoms with Gasteiger partial charge in [-0.1, -0.05) is 6.07 Å². The molecule has 2 aromatic rings. The second-order valence-corrected chi connectivity index (χ2v) is 6.76. The van der Waals surface area contributed by atoms with Crippen LogP contribution in [0.15, 0.2) is 42.5 Å². The van der Waals surface area contributed by atoms with Crippen LogP contribution in [-0.4, -0.2) is 43.0 Å². The van der Waals surface area contributed by atoms with Crippen LogP contribution in [0.5, 0.6) is 5.75 Å². The monoisotopic (exact) mass is 369 g/mol. The summed E-state index contributed by atoms with van der Waals surface area (Å²) in [6.07, 6.45) is 0. The molecule has 144 valence electrons. The quantitative estimate of drug-likeness (QED) is 0.749. The van der Waals surface area contributed by atoms with Gasteiger partial charge in [0.05, 0.1) is 6.04 Å². The Morgan fingerprint density at radius 2 is 1.70 bits per heavy atom. The number of nitrogens with one attached hydrogen (secondary N) is 1. The molecule has 0 saturated carbocycles. The Bertz CT molecular complexity index is 783. The van der Waals surface area contributed by atoms with Gasteiger partial charge in [0, 0.05) is 17.8 Å². The summed E-state index contributed by atoms with van der Waals surface area (Å²) in [6, 6.07) is 12.3. The van der Waals surface area contributed by atoms with Crippen LogP contribution in [0.25, 0.3) is 0 Å². The van der Waals surface area contributed by atoms with Crippen LogP contribution in [0.4, 0.5) is 5.69 Å². The highest BCUT2D eigenvalue weighted by molar-refractivity contribution is 5.96. The van der Waals surface area contributed by atoms with Crippen molar-refractivity contribution in [1.29, 1.82) is 0 Å². The van der Waals surface area contributed by atoms with E-state index in [1.165, 1.54) is 0 Å². The summed E-state index contributed by atoms with van der Waals surface area (Å²) >= 11 is 0. The van der Waals surface area contributed by atoms with E-state index in [1.54, 1.807) is 24.3 Å². The number of hydrogen-bond acceptors (Lipinski definition) is 4. The third kappa shape index (κ3) is 6.11. The van der Waals surface area contributed by atoms with Crippen LogP contribution in [0.3, 0.4) is 0 Å². The van der Waals surface area contributed by atoms with E-state index in [9.17, 15) is 9.59 Å². The molecule has 0 radical (unpaired) electrons. The maximum atomic E-state index is 12.4. The van der Waals surface area contributed by atoms with Gasteiger partial charge in [-0.05, 0) is 75.3 Å². The Morgan fingerprint density at radius 3 is 2.26 bits per heavy atom. The highest BCUT2D eigenvalue weighted by Gasteiger charge is 2.18. The standard InChI is InChI=1S/C21H27N3O3/c1-14-11-15(2)13-19(12-14)27-10-9-24(4)16(3)21(26)23-18-7-5-17(6-8-18)20(22)25/h5-8,11-13,16H,9-10H2,1-4H3,(H2,22,25)(H,23,26). The fraction of sp³-hybridized carbons (Fsp3) is 0.333. The molecule has 0 bridgehead atoms. The molecule has 3 N–H and O–H groups in total. The SMILES string of the molecule is Cc1cc(C)cc(OCCN(C)C(C)C(=O)Nc2ccc(C(N)=O)cc2)c1. The Kier molecular flexibility index (Phi) is 6.96. The first kappa shape index (κ1) is 20.5. The van der Waals surface area contributed by atoms with E-state index >= 15 is 0 Å². The molecule has 0 fully saturated rings. The Balaban J connectivity index is 1.83. The summed E-state index contributed by atoms with van der Waals surface area (Å²) in [5.41, 5.74) is 8.56. The lowest BCUT2D eigenvalue weighted by atomic mass is 10.1. The van der Waals surface area contributed by atoms with Gasteiger partial charge in [0.2, 0.25) is 11.8 Å². The molecule has 1 atom stereocenters. The molecule has 0 spiro atoms. The maximum absolute atomic E-state index is 12.4. The summed E-state index contributed by atoms with van der Waals surface area (Å²) in [5, 5.41) is 2.84. The normalized spacial score (nSPS) is 11.9. The Hall–Kier alpha value is -2.86. The minimum Gasteiger partial charge on any atom is -0.492 e. The average molecular weight is 369 g/mol. The largest absolute Gasteiger partial charge is 0.492 e. The van der Waals surface area contributed by atoms with Crippen molar-refractivity contribution in [2.24, 2.45) is 5.73 Å². The smallest absolute Gasteiger partial charge is 0.248 e. The van der Waals surface area contributed by atoms with Crippen molar-refractivity contribution < 1.29 is 14.3 Å². The van der Waals surface area contributed by atoms with E-state index in [-0.39, 0.29) is 11.9 Å². The number of anilines is 1. The number of carbonyl (C=O) groups excluding carboxylic acids is 2. The van der Waals surface area contributed by atoms with Gasteiger partial charge < -0.3 is 15.8 Å². The first-order valence-electron chi connectivity index (χ1n) is 8.88. The summed E-state index contributed by atoms with van der Waals surface area (Å²) in [5.74, 6) is 0.216. The lowest BCUT2D eigenvalue weighted by molar-refractivity contribution is -0.120. The van der Waals surface area contributed by atoms with E-state index in [1.807, 2.05) is 44.9 Å². The fourth-order valence-corrected chi connectivity index (χ4v) is 2.68. The molecule has 2 rings (SSSR count). The second kappa shape index (κ2) is 9.19. The number of primary amides is 1. The zero-order chi connectivity index (χ0) is 20.0. The van der Waals surface area contributed by atoms with Gasteiger partial charge in [-0.15, -0.1) is 0 Å². The van der Waals surface area contributed by atoms with Crippen LogP contribution >= 0.6 is 0 Å². The highest BCUT2D eigenvalue weighted by atomic mass is 16.5. The van der Waals surface area contributed by atoms with Crippen molar-refractivity contribution in [2.45, 2.75) is 26.8 Å². The maximum Gasteiger partial charge on any atom is 0.248 e. The highest BCUT2D eigenvalue weighted by Crippen LogP contribution is 2.16. The molecule has 0 heterocycles. The first-order valence-corrected chi connectivity index (χ1v) is 8.88. The minimum atomic E-state index is -0.496. The number of benzene rings is 2. The third-order valence-corrected chi connectivity index (χ3v) is 4.39. The molecule has 6 nitrogen and oxygen atoms in total. The third-order valence-electron chi connectivity index (χ3n) is 4.39. The van der Waals surface area contributed by atoms with Gasteiger partial charge in [0.1, 0.15) is 12.4 Å². The van der Waals surface area contributed by atoms with Gasteiger partial charge in [-0.2, -0.15) is 0 Å². The molecule has 6 heteroatoms. The van der Waals surface area contributed by atoms with Crippen molar-refractivity contribution in [2.75, 3.05) is 25.5 Å². The fourth-order valence-electron chi connectivity index (χ4n) is 2.68.